The molecule has 3 atom stereocenters. The maximum atomic E-state index is 10.4. The zero-order valence-corrected chi connectivity index (χ0v) is 14.7. The van der Waals surface area contributed by atoms with Crippen LogP contribution < -0.4 is 0 Å². The van der Waals surface area contributed by atoms with E-state index < -0.39 is 24.7 Å². The molecule has 4 N–H and O–H groups in total. The zero-order valence-electron chi connectivity index (χ0n) is 14.7. The molecule has 0 aliphatic carbocycles. The molecule has 0 spiro atoms. The van der Waals surface area contributed by atoms with Gasteiger partial charge in [0.1, 0.15) is 5.75 Å². The molecule has 0 radical (unpaired) electrons. The fraction of sp³-hybridized carbons (Fsp3) is 0.273. The maximum Gasteiger partial charge on any atom is 0.122 e. The monoisotopic (exact) mass is 354 g/mol. The number of phenols is 1. The number of allylic oxidation sites excluding steroid dienone is 1. The Balaban J connectivity index is 2.23. The zero-order chi connectivity index (χ0) is 18.9. The highest BCUT2D eigenvalue weighted by molar-refractivity contribution is 5.82. The molecule has 0 heterocycles. The van der Waals surface area contributed by atoms with E-state index in [-0.39, 0.29) is 5.75 Å². The second-order valence-electron chi connectivity index (χ2n) is 6.26. The molecule has 0 amide bonds. The lowest BCUT2D eigenvalue weighted by molar-refractivity contribution is 0.00257. The van der Waals surface area contributed by atoms with E-state index in [0.717, 1.165) is 11.1 Å². The molecule has 0 aromatic heterocycles. The third-order valence-corrected chi connectivity index (χ3v) is 4.47. The predicted octanol–water partition coefficient (Wildman–Crippen LogP) is 3.23. The van der Waals surface area contributed by atoms with Gasteiger partial charge in [0, 0.05) is 11.5 Å². The van der Waals surface area contributed by atoms with Crippen molar-refractivity contribution in [3.05, 3.63) is 78.4 Å². The molecule has 138 valence electrons. The molecule has 0 aliphatic heterocycles. The summed E-state index contributed by atoms with van der Waals surface area (Å²) in [6.07, 6.45) is 2.45. The summed E-state index contributed by atoms with van der Waals surface area (Å²) in [5.74, 6) is -0.400. The fourth-order valence-electron chi connectivity index (χ4n) is 2.94. The molecule has 0 unspecified atom stereocenters. The van der Waals surface area contributed by atoms with Crippen LogP contribution >= 0.6 is 0 Å². The lowest BCUT2D eigenvalue weighted by Crippen LogP contribution is -2.32. The highest BCUT2D eigenvalue weighted by Gasteiger charge is 2.23. The number of para-hydroxylation sites is 1. The van der Waals surface area contributed by atoms with E-state index in [2.05, 4.69) is 6.58 Å². The van der Waals surface area contributed by atoms with Crippen LogP contribution in [-0.4, -0.2) is 39.2 Å². The number of hydrogen-bond acceptors (Lipinski definition) is 4. The number of aromatic hydroxyl groups is 1. The maximum absolute atomic E-state index is 10.4. The first kappa shape index (κ1) is 19.9. The molecular formula is C22H26O4. The summed E-state index contributed by atoms with van der Waals surface area (Å²) in [7, 11) is 0. The summed E-state index contributed by atoms with van der Waals surface area (Å²) >= 11 is 0. The Bertz CT molecular complexity index is 724. The molecule has 0 fully saturated rings. The summed E-state index contributed by atoms with van der Waals surface area (Å²) in [6, 6.07) is 16.8. The minimum atomic E-state index is -1.04. The van der Waals surface area contributed by atoms with Crippen LogP contribution in [0.15, 0.2) is 67.3 Å². The summed E-state index contributed by atoms with van der Waals surface area (Å²) in [6.45, 7) is 3.21. The summed E-state index contributed by atoms with van der Waals surface area (Å²) in [5, 5.41) is 39.4. The first-order valence-corrected chi connectivity index (χ1v) is 8.70. The first-order chi connectivity index (χ1) is 12.6. The first-order valence-electron chi connectivity index (χ1n) is 8.70. The fourth-order valence-corrected chi connectivity index (χ4v) is 2.94. The number of benzene rings is 2. The topological polar surface area (TPSA) is 80.9 Å². The standard InChI is InChI=1S/C22H26O4/c1-2-19(22(26)15-23)21(25)13-12-17(16-8-4-3-5-9-16)14-18-10-6-7-11-20(18)24/h2-11,14,19,21-26H,1,12-13,15H2/b17-14-/t19-,21-,22-/m1/s1. The third-order valence-electron chi connectivity index (χ3n) is 4.47. The number of aliphatic hydroxyl groups excluding tert-OH is 3. The van der Waals surface area contributed by atoms with E-state index in [1.807, 2.05) is 48.5 Å². The van der Waals surface area contributed by atoms with Crippen molar-refractivity contribution in [2.24, 2.45) is 5.92 Å². The summed E-state index contributed by atoms with van der Waals surface area (Å²) in [4.78, 5) is 0. The second kappa shape index (κ2) is 9.92. The van der Waals surface area contributed by atoms with E-state index in [1.54, 1.807) is 12.1 Å². The average molecular weight is 354 g/mol. The van der Waals surface area contributed by atoms with Crippen LogP contribution in [0.5, 0.6) is 5.75 Å². The Morgan fingerprint density at radius 2 is 1.62 bits per heavy atom. The lowest BCUT2D eigenvalue weighted by atomic mass is 9.90. The van der Waals surface area contributed by atoms with Crippen LogP contribution in [0.4, 0.5) is 0 Å². The molecule has 2 aromatic rings. The van der Waals surface area contributed by atoms with Crippen LogP contribution in [0.2, 0.25) is 0 Å². The second-order valence-corrected chi connectivity index (χ2v) is 6.26. The van der Waals surface area contributed by atoms with Gasteiger partial charge >= 0.3 is 0 Å². The number of rotatable bonds is 9. The summed E-state index contributed by atoms with van der Waals surface area (Å²) in [5.41, 5.74) is 2.67. The van der Waals surface area contributed by atoms with Gasteiger partial charge in [0.05, 0.1) is 18.8 Å². The highest BCUT2D eigenvalue weighted by atomic mass is 16.3. The third kappa shape index (κ3) is 5.30. The van der Waals surface area contributed by atoms with E-state index in [9.17, 15) is 15.3 Å². The van der Waals surface area contributed by atoms with Crippen molar-refractivity contribution in [1.29, 1.82) is 0 Å². The van der Waals surface area contributed by atoms with E-state index in [1.165, 1.54) is 6.08 Å². The van der Waals surface area contributed by atoms with Gasteiger partial charge in [-0.3, -0.25) is 0 Å². The Morgan fingerprint density at radius 1 is 0.962 bits per heavy atom. The lowest BCUT2D eigenvalue weighted by Gasteiger charge is -2.24. The van der Waals surface area contributed by atoms with Gasteiger partial charge in [0.25, 0.3) is 0 Å². The Hall–Kier alpha value is -2.40. The molecule has 4 nitrogen and oxygen atoms in total. The van der Waals surface area contributed by atoms with Crippen molar-refractivity contribution in [2.45, 2.75) is 25.0 Å². The molecular weight excluding hydrogens is 328 g/mol. The van der Waals surface area contributed by atoms with Gasteiger partial charge in [-0.1, -0.05) is 54.6 Å². The average Bonchev–Trinajstić information content (AvgIpc) is 2.67. The van der Waals surface area contributed by atoms with E-state index in [0.29, 0.717) is 18.4 Å². The van der Waals surface area contributed by atoms with E-state index >= 15 is 0 Å². The van der Waals surface area contributed by atoms with Crippen molar-refractivity contribution in [3.8, 4) is 5.75 Å². The normalized spacial score (nSPS) is 15.3. The van der Waals surface area contributed by atoms with Crippen molar-refractivity contribution < 1.29 is 20.4 Å². The van der Waals surface area contributed by atoms with Crippen LogP contribution in [-0.2, 0) is 0 Å². The quantitative estimate of drug-likeness (QED) is 0.412. The van der Waals surface area contributed by atoms with Crippen molar-refractivity contribution in [1.82, 2.24) is 0 Å². The van der Waals surface area contributed by atoms with Gasteiger partial charge in [-0.15, -0.1) is 6.58 Å². The molecule has 0 saturated heterocycles. The Morgan fingerprint density at radius 3 is 2.23 bits per heavy atom. The van der Waals surface area contributed by atoms with Crippen LogP contribution in [0.3, 0.4) is 0 Å². The Labute approximate surface area is 154 Å². The summed E-state index contributed by atoms with van der Waals surface area (Å²) < 4.78 is 0. The minimum absolute atomic E-state index is 0.196. The van der Waals surface area contributed by atoms with Gasteiger partial charge in [0.2, 0.25) is 0 Å². The van der Waals surface area contributed by atoms with Crippen molar-refractivity contribution >= 4 is 11.6 Å². The SMILES string of the molecule is C=C[C@@H]([C@H](O)CO)[C@H](O)CC/C(=C/c1ccccc1O)c1ccccc1. The smallest absolute Gasteiger partial charge is 0.122 e. The van der Waals surface area contributed by atoms with E-state index in [4.69, 9.17) is 5.11 Å². The molecule has 0 saturated carbocycles. The molecule has 4 heteroatoms. The van der Waals surface area contributed by atoms with Crippen LogP contribution in [0.25, 0.3) is 11.6 Å². The van der Waals surface area contributed by atoms with Crippen molar-refractivity contribution in [3.63, 3.8) is 0 Å². The van der Waals surface area contributed by atoms with Crippen LogP contribution in [0, 0.1) is 5.92 Å². The largest absolute Gasteiger partial charge is 0.507 e. The molecule has 2 rings (SSSR count). The molecule has 0 bridgehead atoms. The Kier molecular flexibility index (Phi) is 7.60. The molecule has 2 aromatic carbocycles. The highest BCUT2D eigenvalue weighted by Crippen LogP contribution is 2.28. The van der Waals surface area contributed by atoms with Gasteiger partial charge in [-0.05, 0) is 36.1 Å². The number of aliphatic hydroxyl groups is 3. The minimum Gasteiger partial charge on any atom is -0.507 e. The number of hydrogen-bond donors (Lipinski definition) is 4. The molecule has 0 aliphatic rings. The predicted molar refractivity (Wildman–Crippen MR) is 104 cm³/mol. The molecule has 26 heavy (non-hydrogen) atoms. The van der Waals surface area contributed by atoms with Gasteiger partial charge < -0.3 is 20.4 Å². The van der Waals surface area contributed by atoms with Crippen LogP contribution in [0.1, 0.15) is 24.0 Å². The number of phenolic OH excluding ortho intramolecular Hbond substituents is 1. The van der Waals surface area contributed by atoms with Gasteiger partial charge in [-0.2, -0.15) is 0 Å². The van der Waals surface area contributed by atoms with Gasteiger partial charge in [0.15, 0.2) is 0 Å². The van der Waals surface area contributed by atoms with Gasteiger partial charge in [-0.25, -0.2) is 0 Å². The van der Waals surface area contributed by atoms with Crippen molar-refractivity contribution in [2.75, 3.05) is 6.61 Å².